The highest BCUT2D eigenvalue weighted by Crippen LogP contribution is 2.23. The quantitative estimate of drug-likeness (QED) is 0.507. The van der Waals surface area contributed by atoms with Crippen molar-refractivity contribution in [2.45, 2.75) is 44.2 Å². The largest absolute Gasteiger partial charge is 0.391 e. The molecule has 5 rings (SSSR count). The predicted molar refractivity (Wildman–Crippen MR) is 121 cm³/mol. The summed E-state index contributed by atoms with van der Waals surface area (Å²) in [5, 5.41) is 22.8. The number of nitrogens with zero attached hydrogens (tertiary/aromatic N) is 5. The fourth-order valence-electron chi connectivity index (χ4n) is 4.37. The summed E-state index contributed by atoms with van der Waals surface area (Å²) in [5.41, 5.74) is 4.12. The molecule has 1 aliphatic carbocycles. The molecular formula is C24H26N6O2. The molecule has 0 aliphatic heterocycles. The molecule has 0 saturated heterocycles. The van der Waals surface area contributed by atoms with Gasteiger partial charge in [-0.2, -0.15) is 10.2 Å². The second-order valence-electron chi connectivity index (χ2n) is 8.40. The van der Waals surface area contributed by atoms with Crippen molar-refractivity contribution in [3.63, 3.8) is 0 Å². The molecule has 3 heterocycles. The summed E-state index contributed by atoms with van der Waals surface area (Å²) in [4.78, 5) is 17.6. The number of hydrogen-bond donors (Lipinski definition) is 2. The molecule has 2 atom stereocenters. The molecule has 1 amide bonds. The third kappa shape index (κ3) is 4.01. The van der Waals surface area contributed by atoms with Crippen LogP contribution in [0, 0.1) is 0 Å². The molecule has 1 saturated carbocycles. The minimum Gasteiger partial charge on any atom is -0.391 e. The van der Waals surface area contributed by atoms with Gasteiger partial charge in [0.1, 0.15) is 5.69 Å². The van der Waals surface area contributed by atoms with Crippen LogP contribution in [0.25, 0.3) is 16.7 Å². The van der Waals surface area contributed by atoms with Crippen molar-refractivity contribution >= 4 is 16.9 Å². The van der Waals surface area contributed by atoms with E-state index < -0.39 is 6.10 Å². The minimum atomic E-state index is -0.499. The molecule has 4 aromatic rings. The van der Waals surface area contributed by atoms with Crippen molar-refractivity contribution in [2.75, 3.05) is 0 Å². The molecule has 1 aliphatic rings. The van der Waals surface area contributed by atoms with Crippen molar-refractivity contribution in [3.05, 3.63) is 71.8 Å². The highest BCUT2D eigenvalue weighted by Gasteiger charge is 2.26. The van der Waals surface area contributed by atoms with Crippen LogP contribution in [-0.4, -0.2) is 47.7 Å². The topological polar surface area (TPSA) is 97.9 Å². The van der Waals surface area contributed by atoms with E-state index in [-0.39, 0.29) is 11.9 Å². The maximum absolute atomic E-state index is 13.0. The molecule has 8 heteroatoms. The monoisotopic (exact) mass is 430 g/mol. The summed E-state index contributed by atoms with van der Waals surface area (Å²) in [6.07, 6.45) is 9.12. The Balaban J connectivity index is 1.43. The number of carbonyl (C=O) groups is 1. The molecule has 0 radical (unpaired) electrons. The Morgan fingerprint density at radius 3 is 2.75 bits per heavy atom. The first kappa shape index (κ1) is 20.4. The van der Waals surface area contributed by atoms with Crippen LogP contribution in [0.3, 0.4) is 0 Å². The summed E-state index contributed by atoms with van der Waals surface area (Å²) in [6, 6.07) is 11.7. The van der Waals surface area contributed by atoms with Crippen LogP contribution in [0.15, 0.2) is 55.0 Å². The maximum atomic E-state index is 13.0. The van der Waals surface area contributed by atoms with E-state index >= 15 is 0 Å². The molecule has 8 nitrogen and oxygen atoms in total. The van der Waals surface area contributed by atoms with Crippen LogP contribution in [0.4, 0.5) is 0 Å². The number of fused-ring (bicyclic) bond motifs is 1. The fraction of sp³-hybridized carbons (Fsp3) is 0.333. The zero-order chi connectivity index (χ0) is 22.1. The SMILES string of the molecule is Cn1ncc2c(Cc3ccc(-n4cccn4)cc3)cc(C(=O)N[C@H]3CCCC[C@@H]3O)nc21. The third-order valence-corrected chi connectivity index (χ3v) is 6.17. The standard InChI is InChI=1S/C24H26N6O2/c1-29-23-19(15-26-29)17(13-16-7-9-18(10-8-16)30-12-4-11-25-30)14-21(27-23)24(32)28-20-5-2-3-6-22(20)31/h4,7-12,14-15,20,22,31H,2-3,5-6,13H2,1H3,(H,28,32)/t20-,22-/m0/s1. The smallest absolute Gasteiger partial charge is 0.270 e. The molecular weight excluding hydrogens is 404 g/mol. The van der Waals surface area contributed by atoms with E-state index in [4.69, 9.17) is 0 Å². The summed E-state index contributed by atoms with van der Waals surface area (Å²) < 4.78 is 3.50. The molecule has 0 unspecified atom stereocenters. The van der Waals surface area contributed by atoms with Crippen LogP contribution in [0.5, 0.6) is 0 Å². The van der Waals surface area contributed by atoms with Gasteiger partial charge >= 0.3 is 0 Å². The van der Waals surface area contributed by atoms with Gasteiger partial charge in [-0.3, -0.25) is 9.48 Å². The summed E-state index contributed by atoms with van der Waals surface area (Å²) in [6.45, 7) is 0. The number of aliphatic hydroxyl groups is 1. The molecule has 1 fully saturated rings. The molecule has 164 valence electrons. The first-order chi connectivity index (χ1) is 15.6. The molecule has 0 spiro atoms. The zero-order valence-electron chi connectivity index (χ0n) is 18.0. The van der Waals surface area contributed by atoms with Gasteiger partial charge in [-0.05, 0) is 54.7 Å². The van der Waals surface area contributed by atoms with Crippen LogP contribution in [0.1, 0.15) is 47.3 Å². The number of carbonyl (C=O) groups excluding carboxylic acids is 1. The van der Waals surface area contributed by atoms with E-state index in [2.05, 4.69) is 32.6 Å². The Bertz CT molecular complexity index is 1230. The number of benzene rings is 1. The number of aliphatic hydroxyl groups excluding tert-OH is 1. The first-order valence-electron chi connectivity index (χ1n) is 11.0. The van der Waals surface area contributed by atoms with Gasteiger partial charge in [-0.25, -0.2) is 9.67 Å². The van der Waals surface area contributed by atoms with Gasteiger partial charge in [0.05, 0.1) is 24.0 Å². The van der Waals surface area contributed by atoms with Gasteiger partial charge in [0.2, 0.25) is 0 Å². The summed E-state index contributed by atoms with van der Waals surface area (Å²) in [5.74, 6) is -0.255. The van der Waals surface area contributed by atoms with Crippen molar-refractivity contribution < 1.29 is 9.90 Å². The lowest BCUT2D eigenvalue weighted by atomic mass is 9.92. The lowest BCUT2D eigenvalue weighted by molar-refractivity contribution is 0.0714. The fourth-order valence-corrected chi connectivity index (χ4v) is 4.37. The van der Waals surface area contributed by atoms with Crippen LogP contribution < -0.4 is 5.32 Å². The first-order valence-corrected chi connectivity index (χ1v) is 11.0. The van der Waals surface area contributed by atoms with Gasteiger partial charge in [-0.1, -0.05) is 25.0 Å². The van der Waals surface area contributed by atoms with Crippen LogP contribution >= 0.6 is 0 Å². The van der Waals surface area contributed by atoms with E-state index in [9.17, 15) is 9.90 Å². The number of aryl methyl sites for hydroxylation is 1. The van der Waals surface area contributed by atoms with E-state index in [1.807, 2.05) is 42.2 Å². The van der Waals surface area contributed by atoms with E-state index in [0.29, 0.717) is 17.8 Å². The normalized spacial score (nSPS) is 18.7. The van der Waals surface area contributed by atoms with E-state index in [1.165, 1.54) is 0 Å². The number of amides is 1. The minimum absolute atomic E-state index is 0.224. The summed E-state index contributed by atoms with van der Waals surface area (Å²) in [7, 11) is 1.82. The second-order valence-corrected chi connectivity index (χ2v) is 8.40. The van der Waals surface area contributed by atoms with E-state index in [0.717, 1.165) is 47.9 Å². The zero-order valence-corrected chi connectivity index (χ0v) is 18.0. The third-order valence-electron chi connectivity index (χ3n) is 6.17. The number of pyridine rings is 1. The van der Waals surface area contributed by atoms with Gasteiger partial charge in [0.15, 0.2) is 5.65 Å². The van der Waals surface area contributed by atoms with Gasteiger partial charge in [0, 0.05) is 24.8 Å². The van der Waals surface area contributed by atoms with Crippen LogP contribution in [0.2, 0.25) is 0 Å². The average molecular weight is 431 g/mol. The van der Waals surface area contributed by atoms with Gasteiger partial charge < -0.3 is 10.4 Å². The van der Waals surface area contributed by atoms with Gasteiger partial charge in [-0.15, -0.1) is 0 Å². The molecule has 0 bridgehead atoms. The van der Waals surface area contributed by atoms with E-state index in [1.54, 1.807) is 17.1 Å². The average Bonchev–Trinajstić information content (AvgIpc) is 3.47. The van der Waals surface area contributed by atoms with Crippen molar-refractivity contribution in [1.29, 1.82) is 0 Å². The Labute approximate surface area is 185 Å². The molecule has 32 heavy (non-hydrogen) atoms. The number of rotatable bonds is 5. The van der Waals surface area contributed by atoms with Crippen molar-refractivity contribution in [2.24, 2.45) is 7.05 Å². The molecule has 3 aromatic heterocycles. The number of hydrogen-bond acceptors (Lipinski definition) is 5. The number of nitrogens with one attached hydrogen (secondary N) is 1. The lowest BCUT2D eigenvalue weighted by Gasteiger charge is -2.28. The predicted octanol–water partition coefficient (Wildman–Crippen LogP) is 2.78. The van der Waals surface area contributed by atoms with Crippen molar-refractivity contribution in [3.8, 4) is 5.69 Å². The Morgan fingerprint density at radius 1 is 1.19 bits per heavy atom. The highest BCUT2D eigenvalue weighted by atomic mass is 16.3. The van der Waals surface area contributed by atoms with Crippen LogP contribution in [-0.2, 0) is 13.5 Å². The Hall–Kier alpha value is -3.52. The Morgan fingerprint density at radius 2 is 2.00 bits per heavy atom. The van der Waals surface area contributed by atoms with Gasteiger partial charge in [0.25, 0.3) is 5.91 Å². The summed E-state index contributed by atoms with van der Waals surface area (Å²) >= 11 is 0. The number of aromatic nitrogens is 5. The molecule has 2 N–H and O–H groups in total. The van der Waals surface area contributed by atoms with Crippen molar-refractivity contribution in [1.82, 2.24) is 29.9 Å². The second kappa shape index (κ2) is 8.55. The molecule has 1 aromatic carbocycles. The lowest BCUT2D eigenvalue weighted by Crippen LogP contribution is -2.45. The maximum Gasteiger partial charge on any atom is 0.270 e. The highest BCUT2D eigenvalue weighted by molar-refractivity contribution is 5.95. The Kier molecular flexibility index (Phi) is 5.45.